The minimum absolute atomic E-state index is 0. The van der Waals surface area contributed by atoms with Crippen LogP contribution in [0.25, 0.3) is 0 Å². The van der Waals surface area contributed by atoms with Crippen LogP contribution in [0.2, 0.25) is 0 Å². The van der Waals surface area contributed by atoms with E-state index >= 15 is 0 Å². The quantitative estimate of drug-likeness (QED) is 0.398. The Morgan fingerprint density at radius 3 is 2.35 bits per heavy atom. The summed E-state index contributed by atoms with van der Waals surface area (Å²) in [6, 6.07) is 22.4. The summed E-state index contributed by atoms with van der Waals surface area (Å²) in [6.07, 6.45) is 4.32. The summed E-state index contributed by atoms with van der Waals surface area (Å²) in [5.41, 5.74) is 2.94. The van der Waals surface area contributed by atoms with Crippen LogP contribution in [-0.2, 0) is 23.0 Å². The molecule has 0 unspecified atom stereocenters. The highest BCUT2D eigenvalue weighted by molar-refractivity contribution is 7.89. The lowest BCUT2D eigenvalue weighted by Crippen LogP contribution is -2.43. The summed E-state index contributed by atoms with van der Waals surface area (Å²) in [4.78, 5) is 2.64. The Morgan fingerprint density at radius 2 is 1.62 bits per heavy atom. The lowest BCUT2D eigenvalue weighted by Gasteiger charge is -2.29. The smallest absolute Gasteiger partial charge is 0.243 e. The lowest BCUT2D eigenvalue weighted by atomic mass is 10.1. The maximum atomic E-state index is 13.8. The first-order chi connectivity index (χ1) is 17.5. The molecule has 2 heterocycles. The molecule has 8 heteroatoms. The summed E-state index contributed by atoms with van der Waals surface area (Å²) in [5, 5.41) is 0. The second-order valence-corrected chi connectivity index (χ2v) is 11.6. The number of likely N-dealkylation sites (tertiary alicyclic amines) is 1. The Kier molecular flexibility index (Phi) is 9.13. The van der Waals surface area contributed by atoms with E-state index < -0.39 is 10.0 Å². The molecule has 0 amide bonds. The summed E-state index contributed by atoms with van der Waals surface area (Å²) >= 11 is 0. The Bertz CT molecular complexity index is 1260. The minimum Gasteiger partial charge on any atom is -0.492 e. The molecule has 0 bridgehead atoms. The first kappa shape index (κ1) is 27.5. The molecule has 198 valence electrons. The van der Waals surface area contributed by atoms with Crippen LogP contribution in [0.3, 0.4) is 0 Å². The first-order valence-corrected chi connectivity index (χ1v) is 14.2. The average Bonchev–Trinajstić information content (AvgIpc) is 3.09. The van der Waals surface area contributed by atoms with Crippen molar-refractivity contribution in [3.8, 4) is 11.5 Å². The number of hydrogen-bond donors (Lipinski definition) is 0. The van der Waals surface area contributed by atoms with Crippen LogP contribution in [0.4, 0.5) is 0 Å². The molecule has 0 aromatic heterocycles. The molecule has 6 nitrogen and oxygen atoms in total. The number of rotatable bonds is 7. The van der Waals surface area contributed by atoms with Crippen molar-refractivity contribution >= 4 is 22.4 Å². The van der Waals surface area contributed by atoms with Gasteiger partial charge in [0.2, 0.25) is 10.0 Å². The summed E-state index contributed by atoms with van der Waals surface area (Å²) in [6.45, 7) is 5.30. The normalized spacial score (nSPS) is 18.7. The van der Waals surface area contributed by atoms with Crippen LogP contribution in [0.1, 0.15) is 36.0 Å². The third-order valence-electron chi connectivity index (χ3n) is 7.02. The SMILES string of the molecule is Cc1ccc(S(=O)(=O)N2Cc3ccccc3OC[C@@H]2Cc2ccc(OCN3CCCCC3)cc2)cc1.Cl. The van der Waals surface area contributed by atoms with Crippen molar-refractivity contribution in [2.45, 2.75) is 50.1 Å². The Hall–Kier alpha value is -2.58. The van der Waals surface area contributed by atoms with E-state index in [1.807, 2.05) is 67.6 Å². The number of piperidine rings is 1. The molecule has 5 rings (SSSR count). The van der Waals surface area contributed by atoms with Crippen molar-refractivity contribution < 1.29 is 17.9 Å². The van der Waals surface area contributed by atoms with Crippen molar-refractivity contribution in [1.82, 2.24) is 9.21 Å². The van der Waals surface area contributed by atoms with Crippen LogP contribution >= 0.6 is 12.4 Å². The van der Waals surface area contributed by atoms with Crippen LogP contribution in [0.15, 0.2) is 77.7 Å². The average molecular weight is 543 g/mol. The van der Waals surface area contributed by atoms with E-state index in [1.54, 1.807) is 16.4 Å². The molecule has 2 aliphatic rings. The Labute approximate surface area is 226 Å². The fourth-order valence-corrected chi connectivity index (χ4v) is 6.46. The van der Waals surface area contributed by atoms with Gasteiger partial charge in [-0.05, 0) is 62.1 Å². The molecular weight excluding hydrogens is 508 g/mol. The van der Waals surface area contributed by atoms with Gasteiger partial charge in [-0.3, -0.25) is 4.90 Å². The van der Waals surface area contributed by atoms with E-state index in [0.29, 0.717) is 18.0 Å². The van der Waals surface area contributed by atoms with Crippen molar-refractivity contribution in [2.75, 3.05) is 26.4 Å². The van der Waals surface area contributed by atoms with E-state index in [1.165, 1.54) is 19.3 Å². The fraction of sp³-hybridized carbons (Fsp3) is 0.379. The van der Waals surface area contributed by atoms with Gasteiger partial charge in [0, 0.05) is 25.2 Å². The van der Waals surface area contributed by atoms with E-state index in [0.717, 1.165) is 41.3 Å². The number of benzene rings is 3. The molecule has 1 atom stereocenters. The highest BCUT2D eigenvalue weighted by atomic mass is 35.5. The molecule has 1 fully saturated rings. The zero-order valence-corrected chi connectivity index (χ0v) is 22.8. The van der Waals surface area contributed by atoms with E-state index in [2.05, 4.69) is 4.90 Å². The first-order valence-electron chi connectivity index (χ1n) is 12.7. The zero-order chi connectivity index (χ0) is 25.0. The molecule has 0 N–H and O–H groups in total. The monoisotopic (exact) mass is 542 g/mol. The van der Waals surface area contributed by atoms with Crippen LogP contribution < -0.4 is 9.47 Å². The molecule has 0 radical (unpaired) electrons. The van der Waals surface area contributed by atoms with Gasteiger partial charge in [0.1, 0.15) is 24.8 Å². The minimum atomic E-state index is -3.72. The number of fused-ring (bicyclic) bond motifs is 1. The van der Waals surface area contributed by atoms with E-state index in [9.17, 15) is 8.42 Å². The highest BCUT2D eigenvalue weighted by Gasteiger charge is 2.35. The van der Waals surface area contributed by atoms with Crippen LogP contribution in [-0.4, -0.2) is 50.1 Å². The van der Waals surface area contributed by atoms with Gasteiger partial charge in [-0.25, -0.2) is 8.42 Å². The van der Waals surface area contributed by atoms with Gasteiger partial charge in [-0.15, -0.1) is 12.4 Å². The van der Waals surface area contributed by atoms with Gasteiger partial charge < -0.3 is 9.47 Å². The molecule has 37 heavy (non-hydrogen) atoms. The van der Waals surface area contributed by atoms with E-state index in [-0.39, 0.29) is 31.6 Å². The fourth-order valence-electron chi connectivity index (χ4n) is 4.88. The summed E-state index contributed by atoms with van der Waals surface area (Å²) in [7, 11) is -3.72. The Morgan fingerprint density at radius 1 is 0.919 bits per heavy atom. The van der Waals surface area contributed by atoms with Crippen molar-refractivity contribution in [3.63, 3.8) is 0 Å². The predicted molar refractivity (Wildman–Crippen MR) is 148 cm³/mol. The van der Waals surface area contributed by atoms with Crippen molar-refractivity contribution in [2.24, 2.45) is 0 Å². The Balaban J connectivity index is 0.00000320. The summed E-state index contributed by atoms with van der Waals surface area (Å²) in [5.74, 6) is 1.57. The maximum Gasteiger partial charge on any atom is 0.243 e. The van der Waals surface area contributed by atoms with Gasteiger partial charge >= 0.3 is 0 Å². The topological polar surface area (TPSA) is 59.1 Å². The molecular formula is C29H35ClN2O4S. The second-order valence-electron chi connectivity index (χ2n) is 9.74. The molecule has 0 aliphatic carbocycles. The molecule has 0 spiro atoms. The number of halogens is 1. The van der Waals surface area contributed by atoms with Gasteiger partial charge in [0.25, 0.3) is 0 Å². The van der Waals surface area contributed by atoms with Gasteiger partial charge in [-0.1, -0.05) is 54.4 Å². The molecule has 3 aromatic rings. The molecule has 2 aliphatic heterocycles. The van der Waals surface area contributed by atoms with Crippen molar-refractivity contribution in [1.29, 1.82) is 0 Å². The summed E-state index contributed by atoms with van der Waals surface area (Å²) < 4.78 is 41.3. The highest BCUT2D eigenvalue weighted by Crippen LogP contribution is 2.31. The number of ether oxygens (including phenoxy) is 2. The van der Waals surface area contributed by atoms with Crippen LogP contribution in [0.5, 0.6) is 11.5 Å². The van der Waals surface area contributed by atoms with Gasteiger partial charge in [0.05, 0.1) is 10.9 Å². The van der Waals surface area contributed by atoms with E-state index in [4.69, 9.17) is 9.47 Å². The third kappa shape index (κ3) is 6.65. The van der Waals surface area contributed by atoms with Crippen LogP contribution in [0, 0.1) is 6.92 Å². The van der Waals surface area contributed by atoms with Gasteiger partial charge in [-0.2, -0.15) is 4.31 Å². The molecule has 3 aromatic carbocycles. The van der Waals surface area contributed by atoms with Gasteiger partial charge in [0.15, 0.2) is 0 Å². The number of aryl methyl sites for hydroxylation is 1. The molecule has 0 saturated carbocycles. The lowest BCUT2D eigenvalue weighted by molar-refractivity contribution is 0.106. The largest absolute Gasteiger partial charge is 0.492 e. The second kappa shape index (κ2) is 12.3. The number of para-hydroxylation sites is 1. The number of nitrogens with zero attached hydrogens (tertiary/aromatic N) is 2. The third-order valence-corrected chi connectivity index (χ3v) is 8.93. The standard InChI is InChI=1S/C29H34N2O4S.ClH/c1-23-9-15-28(16-10-23)36(32,33)31-20-25-7-3-4-8-29(25)34-21-26(31)19-24-11-13-27(14-12-24)35-22-30-17-5-2-6-18-30;/h3-4,7-16,26H,2,5-6,17-22H2,1H3;1H/t26-;/m0./s1. The predicted octanol–water partition coefficient (Wildman–Crippen LogP) is 5.43. The number of hydrogen-bond acceptors (Lipinski definition) is 5. The zero-order valence-electron chi connectivity index (χ0n) is 21.2. The number of sulfonamides is 1. The van der Waals surface area contributed by atoms with Crippen molar-refractivity contribution in [3.05, 3.63) is 89.5 Å². The maximum absolute atomic E-state index is 13.8. The molecule has 1 saturated heterocycles.